The zero-order chi connectivity index (χ0) is 27.4. The fourth-order valence-corrected chi connectivity index (χ4v) is 3.76. The van der Waals surface area contributed by atoms with Crippen LogP contribution in [0.2, 0.25) is 0 Å². The van der Waals surface area contributed by atoms with Gasteiger partial charge in [-0.25, -0.2) is 0 Å². The Hall–Kier alpha value is -5.19. The normalized spacial score (nSPS) is 10.6. The van der Waals surface area contributed by atoms with Crippen LogP contribution in [-0.4, -0.2) is 15.8 Å². The Morgan fingerprint density at radius 1 is 0.842 bits per heavy atom. The minimum atomic E-state index is -0.657. The second kappa shape index (κ2) is 10.8. The van der Waals surface area contributed by atoms with Gasteiger partial charge in [-0.3, -0.25) is 25.0 Å². The van der Waals surface area contributed by atoms with Crippen molar-refractivity contribution >= 4 is 23.0 Å². The zero-order valence-corrected chi connectivity index (χ0v) is 20.7. The van der Waals surface area contributed by atoms with Gasteiger partial charge in [0.05, 0.1) is 21.6 Å². The van der Waals surface area contributed by atoms with Gasteiger partial charge in [-0.15, -0.1) is 0 Å². The highest BCUT2D eigenvalue weighted by Gasteiger charge is 2.18. The van der Waals surface area contributed by atoms with Gasteiger partial charge >= 0.3 is 5.69 Å². The molecule has 3 aromatic carbocycles. The molecule has 0 fully saturated rings. The molecule has 1 N–H and O–H groups in total. The van der Waals surface area contributed by atoms with Crippen molar-refractivity contribution in [1.29, 1.82) is 0 Å². The first-order valence-corrected chi connectivity index (χ1v) is 11.4. The second-order valence-electron chi connectivity index (χ2n) is 8.64. The molecule has 0 saturated carbocycles. The molecule has 0 aliphatic carbocycles. The maximum absolute atomic E-state index is 12.8. The Balaban J connectivity index is 1.48. The van der Waals surface area contributed by atoms with Crippen LogP contribution in [0.1, 0.15) is 33.0 Å². The number of carbonyl (C=O) groups is 1. The van der Waals surface area contributed by atoms with Crippen LogP contribution in [0.4, 0.5) is 17.1 Å². The van der Waals surface area contributed by atoms with Gasteiger partial charge in [-0.1, -0.05) is 12.1 Å². The van der Waals surface area contributed by atoms with E-state index in [9.17, 15) is 25.0 Å². The number of hydrogen-bond donors (Lipinski definition) is 1. The van der Waals surface area contributed by atoms with Crippen molar-refractivity contribution < 1.29 is 28.5 Å². The molecule has 1 amide bonds. The summed E-state index contributed by atoms with van der Waals surface area (Å²) in [5, 5.41) is 25.3. The van der Waals surface area contributed by atoms with E-state index in [4.69, 9.17) is 13.9 Å². The van der Waals surface area contributed by atoms with E-state index in [1.807, 2.05) is 19.9 Å². The lowest BCUT2D eigenvalue weighted by Gasteiger charge is -2.10. The maximum atomic E-state index is 12.8. The van der Waals surface area contributed by atoms with E-state index in [1.54, 1.807) is 25.1 Å². The largest absolute Gasteiger partial charge is 0.479 e. The van der Waals surface area contributed by atoms with Crippen molar-refractivity contribution in [1.82, 2.24) is 0 Å². The van der Waals surface area contributed by atoms with Crippen molar-refractivity contribution in [2.24, 2.45) is 0 Å². The molecule has 0 aliphatic rings. The lowest BCUT2D eigenvalue weighted by Crippen LogP contribution is -2.11. The number of nitrogens with zero attached hydrogens (tertiary/aromatic N) is 2. The molecule has 38 heavy (non-hydrogen) atoms. The number of aryl methyl sites for hydroxylation is 3. The molecular formula is C27H23N3O8. The average molecular weight is 517 g/mol. The number of amides is 1. The number of benzene rings is 3. The summed E-state index contributed by atoms with van der Waals surface area (Å²) in [7, 11) is 0. The van der Waals surface area contributed by atoms with Crippen LogP contribution < -0.4 is 14.8 Å². The van der Waals surface area contributed by atoms with E-state index in [-0.39, 0.29) is 46.7 Å². The standard InChI is InChI=1S/C27H23N3O8/c1-16-4-6-25(24(11-16)30(34)35)36-15-21-5-7-26(38-21)27(31)28-19-12-20(29(32)33)14-23(13-19)37-22-9-17(2)8-18(3)10-22/h4-14H,15H2,1-3H3,(H,28,31). The first kappa shape index (κ1) is 25.9. The highest BCUT2D eigenvalue weighted by atomic mass is 16.6. The number of hydrogen-bond acceptors (Lipinski definition) is 8. The van der Waals surface area contributed by atoms with Crippen LogP contribution in [0.3, 0.4) is 0 Å². The summed E-state index contributed by atoms with van der Waals surface area (Å²) in [6, 6.07) is 17.0. The Morgan fingerprint density at radius 3 is 2.24 bits per heavy atom. The number of nitrogens with one attached hydrogen (secondary N) is 1. The molecule has 194 valence electrons. The molecular weight excluding hydrogens is 494 g/mol. The summed E-state index contributed by atoms with van der Waals surface area (Å²) in [4.78, 5) is 34.4. The van der Waals surface area contributed by atoms with E-state index in [1.165, 1.54) is 42.5 Å². The molecule has 0 atom stereocenters. The smallest absolute Gasteiger partial charge is 0.311 e. The van der Waals surface area contributed by atoms with Crippen molar-refractivity contribution in [3.8, 4) is 17.2 Å². The lowest BCUT2D eigenvalue weighted by atomic mass is 10.1. The molecule has 1 heterocycles. The highest BCUT2D eigenvalue weighted by Crippen LogP contribution is 2.31. The first-order valence-electron chi connectivity index (χ1n) is 11.4. The maximum Gasteiger partial charge on any atom is 0.311 e. The van der Waals surface area contributed by atoms with Crippen LogP contribution in [0.15, 0.2) is 71.1 Å². The summed E-state index contributed by atoms with van der Waals surface area (Å²) < 4.78 is 16.9. The molecule has 4 aromatic rings. The summed E-state index contributed by atoms with van der Waals surface area (Å²) >= 11 is 0. The molecule has 11 heteroatoms. The summed E-state index contributed by atoms with van der Waals surface area (Å²) in [6.45, 7) is 5.39. The number of carbonyl (C=O) groups excluding carboxylic acids is 1. The van der Waals surface area contributed by atoms with Crippen LogP contribution in [0, 0.1) is 41.0 Å². The van der Waals surface area contributed by atoms with Gasteiger partial charge in [-0.05, 0) is 67.8 Å². The summed E-state index contributed by atoms with van der Waals surface area (Å²) in [5.41, 5.74) is 2.33. The van der Waals surface area contributed by atoms with Gasteiger partial charge in [0.15, 0.2) is 11.5 Å². The predicted molar refractivity (Wildman–Crippen MR) is 138 cm³/mol. The monoisotopic (exact) mass is 517 g/mol. The van der Waals surface area contributed by atoms with Gasteiger partial charge in [0.1, 0.15) is 23.9 Å². The first-order chi connectivity index (χ1) is 18.1. The van der Waals surface area contributed by atoms with Crippen molar-refractivity contribution in [2.75, 3.05) is 5.32 Å². The van der Waals surface area contributed by atoms with Crippen LogP contribution in [0.25, 0.3) is 0 Å². The number of non-ortho nitro benzene ring substituents is 1. The Labute approximate surface area is 216 Å². The fourth-order valence-electron chi connectivity index (χ4n) is 3.76. The van der Waals surface area contributed by atoms with E-state index in [2.05, 4.69) is 5.32 Å². The van der Waals surface area contributed by atoms with Gasteiger partial charge < -0.3 is 19.2 Å². The quantitative estimate of drug-likeness (QED) is 0.192. The van der Waals surface area contributed by atoms with Crippen molar-refractivity contribution in [3.05, 3.63) is 115 Å². The molecule has 0 spiro atoms. The SMILES string of the molecule is Cc1cc(C)cc(Oc2cc(NC(=O)c3ccc(COc4ccc(C)cc4[N+](=O)[O-])o3)cc([N+](=O)[O-])c2)c1. The summed E-state index contributed by atoms with van der Waals surface area (Å²) in [6.07, 6.45) is 0. The molecule has 0 bridgehead atoms. The topological polar surface area (TPSA) is 147 Å². The van der Waals surface area contributed by atoms with Crippen LogP contribution >= 0.6 is 0 Å². The Morgan fingerprint density at radius 2 is 1.55 bits per heavy atom. The van der Waals surface area contributed by atoms with Gasteiger partial charge in [0.2, 0.25) is 0 Å². The number of furan rings is 1. The van der Waals surface area contributed by atoms with E-state index in [0.717, 1.165) is 11.1 Å². The second-order valence-corrected chi connectivity index (χ2v) is 8.64. The molecule has 0 saturated heterocycles. The fraction of sp³-hybridized carbons (Fsp3) is 0.148. The third-order valence-corrected chi connectivity index (χ3v) is 5.36. The number of anilines is 1. The Bertz CT molecular complexity index is 1520. The molecule has 11 nitrogen and oxygen atoms in total. The highest BCUT2D eigenvalue weighted by molar-refractivity contribution is 6.02. The molecule has 0 aliphatic heterocycles. The van der Waals surface area contributed by atoms with E-state index < -0.39 is 15.8 Å². The Kier molecular flexibility index (Phi) is 7.38. The van der Waals surface area contributed by atoms with Crippen molar-refractivity contribution in [3.63, 3.8) is 0 Å². The van der Waals surface area contributed by atoms with Gasteiger partial charge in [0, 0.05) is 18.2 Å². The van der Waals surface area contributed by atoms with Gasteiger partial charge in [0.25, 0.3) is 11.6 Å². The minimum Gasteiger partial charge on any atom is -0.479 e. The van der Waals surface area contributed by atoms with E-state index in [0.29, 0.717) is 11.3 Å². The lowest BCUT2D eigenvalue weighted by molar-refractivity contribution is -0.386. The number of rotatable bonds is 9. The van der Waals surface area contributed by atoms with Crippen LogP contribution in [0.5, 0.6) is 17.2 Å². The average Bonchev–Trinajstić information content (AvgIpc) is 3.31. The number of nitro benzene ring substituents is 2. The van der Waals surface area contributed by atoms with E-state index >= 15 is 0 Å². The minimum absolute atomic E-state index is 0.0657. The van der Waals surface area contributed by atoms with Gasteiger partial charge in [-0.2, -0.15) is 0 Å². The molecule has 1 aromatic heterocycles. The zero-order valence-electron chi connectivity index (χ0n) is 20.7. The summed E-state index contributed by atoms with van der Waals surface area (Å²) in [5.74, 6) is 0.261. The molecule has 0 radical (unpaired) electrons. The van der Waals surface area contributed by atoms with Crippen LogP contribution in [-0.2, 0) is 6.61 Å². The third-order valence-electron chi connectivity index (χ3n) is 5.36. The number of ether oxygens (including phenoxy) is 2. The molecule has 0 unspecified atom stereocenters. The van der Waals surface area contributed by atoms with Crippen molar-refractivity contribution in [2.45, 2.75) is 27.4 Å². The number of nitro groups is 2. The molecule has 4 rings (SSSR count). The predicted octanol–water partition coefficient (Wildman–Crippen LogP) is 6.64. The third kappa shape index (κ3) is 6.32.